The van der Waals surface area contributed by atoms with E-state index in [2.05, 4.69) is 35.5 Å². The van der Waals surface area contributed by atoms with Crippen molar-refractivity contribution in [3.63, 3.8) is 0 Å². The normalized spacial score (nSPS) is 11.2. The Morgan fingerprint density at radius 1 is 1.38 bits per heavy atom. The van der Waals surface area contributed by atoms with Crippen LogP contribution in [0.25, 0.3) is 9.88 Å². The molecule has 0 saturated heterocycles. The molecule has 0 unspecified atom stereocenters. The van der Waals surface area contributed by atoms with Gasteiger partial charge in [-0.3, -0.25) is 0 Å². The molecule has 0 fully saturated rings. The molecule has 0 saturated carbocycles. The molecule has 0 aromatic carbocycles. The number of nitrogens with zero attached hydrogens (tertiary/aromatic N) is 2. The van der Waals surface area contributed by atoms with Gasteiger partial charge in [0.2, 0.25) is 0 Å². The van der Waals surface area contributed by atoms with Gasteiger partial charge >= 0.3 is 0 Å². The third-order valence-corrected chi connectivity index (χ3v) is 5.19. The van der Waals surface area contributed by atoms with Crippen molar-refractivity contribution >= 4 is 34.4 Å². The largest absolute Gasteiger partial charge is 0.174 e. The monoisotopic (exact) mass is 270 g/mol. The van der Waals surface area contributed by atoms with Gasteiger partial charge in [0.25, 0.3) is 0 Å². The summed E-state index contributed by atoms with van der Waals surface area (Å²) < 4.78 is 1.09. The second-order valence-corrected chi connectivity index (χ2v) is 7.15. The molecule has 5 heteroatoms. The Morgan fingerprint density at radius 2 is 2.25 bits per heavy atom. The van der Waals surface area contributed by atoms with E-state index >= 15 is 0 Å². The van der Waals surface area contributed by atoms with Gasteiger partial charge in [-0.1, -0.05) is 43.0 Å². The first-order valence-electron chi connectivity index (χ1n) is 5.26. The van der Waals surface area contributed by atoms with Gasteiger partial charge in [0.1, 0.15) is 0 Å². The van der Waals surface area contributed by atoms with Gasteiger partial charge in [0, 0.05) is 5.75 Å². The van der Waals surface area contributed by atoms with Crippen molar-refractivity contribution in [2.24, 2.45) is 5.92 Å². The van der Waals surface area contributed by atoms with Crippen LogP contribution in [-0.2, 0) is 0 Å². The molecule has 0 aliphatic rings. The lowest BCUT2D eigenvalue weighted by molar-refractivity contribution is 0.632. The van der Waals surface area contributed by atoms with Crippen molar-refractivity contribution in [1.82, 2.24) is 10.2 Å². The number of rotatable bonds is 5. The maximum Gasteiger partial charge on any atom is 0.174 e. The standard InChI is InChI=1S/C11H14N2S3/c1-8(2)5-7-15-11-13-12-10(16-11)9-4-3-6-14-9/h3-4,6,8H,5,7H2,1-2H3. The summed E-state index contributed by atoms with van der Waals surface area (Å²) in [5, 5.41) is 11.5. The molecule has 2 aromatic heterocycles. The van der Waals surface area contributed by atoms with Gasteiger partial charge in [-0.2, -0.15) is 0 Å². The number of hydrogen-bond donors (Lipinski definition) is 0. The lowest BCUT2D eigenvalue weighted by atomic mass is 10.2. The van der Waals surface area contributed by atoms with E-state index in [0.29, 0.717) is 0 Å². The molecular formula is C11H14N2S3. The molecule has 86 valence electrons. The SMILES string of the molecule is CC(C)CCSc1nnc(-c2cccs2)s1. The van der Waals surface area contributed by atoms with E-state index in [1.807, 2.05) is 17.8 Å². The predicted molar refractivity (Wildman–Crippen MR) is 73.4 cm³/mol. The lowest BCUT2D eigenvalue weighted by Gasteiger charge is -2.00. The lowest BCUT2D eigenvalue weighted by Crippen LogP contribution is -1.88. The van der Waals surface area contributed by atoms with Crippen LogP contribution in [0.3, 0.4) is 0 Å². The zero-order valence-electron chi connectivity index (χ0n) is 9.34. The molecule has 0 N–H and O–H groups in total. The number of thiophene rings is 1. The van der Waals surface area contributed by atoms with Gasteiger partial charge < -0.3 is 0 Å². The molecule has 0 radical (unpaired) electrons. The zero-order valence-corrected chi connectivity index (χ0v) is 11.8. The van der Waals surface area contributed by atoms with E-state index in [-0.39, 0.29) is 0 Å². The highest BCUT2D eigenvalue weighted by molar-refractivity contribution is 8.01. The summed E-state index contributed by atoms with van der Waals surface area (Å²) in [7, 11) is 0. The van der Waals surface area contributed by atoms with E-state index in [1.165, 1.54) is 11.3 Å². The molecule has 2 aromatic rings. The summed E-state index contributed by atoms with van der Waals surface area (Å²) in [6.07, 6.45) is 1.23. The Hall–Kier alpha value is -0.390. The van der Waals surface area contributed by atoms with E-state index in [4.69, 9.17) is 0 Å². The summed E-state index contributed by atoms with van der Waals surface area (Å²) in [5.41, 5.74) is 0. The molecule has 0 atom stereocenters. The van der Waals surface area contributed by atoms with Crippen LogP contribution in [0.2, 0.25) is 0 Å². The topological polar surface area (TPSA) is 25.8 Å². The molecule has 0 aliphatic heterocycles. The van der Waals surface area contributed by atoms with Crippen molar-refractivity contribution in [2.45, 2.75) is 24.6 Å². The first-order valence-corrected chi connectivity index (χ1v) is 7.94. The van der Waals surface area contributed by atoms with Gasteiger partial charge in [-0.25, -0.2) is 0 Å². The van der Waals surface area contributed by atoms with Gasteiger partial charge in [-0.05, 0) is 23.8 Å². The van der Waals surface area contributed by atoms with E-state index in [1.54, 1.807) is 22.7 Å². The maximum absolute atomic E-state index is 4.21. The predicted octanol–water partition coefficient (Wildman–Crippen LogP) is 4.40. The fraction of sp³-hybridized carbons (Fsp3) is 0.455. The van der Waals surface area contributed by atoms with Crippen molar-refractivity contribution < 1.29 is 0 Å². The molecule has 0 bridgehead atoms. The van der Waals surface area contributed by atoms with E-state index in [0.717, 1.165) is 21.0 Å². The summed E-state index contributed by atoms with van der Waals surface area (Å²) >= 11 is 5.23. The molecule has 0 spiro atoms. The Labute approximate surface area is 108 Å². The smallest absolute Gasteiger partial charge is 0.141 e. The molecule has 2 heterocycles. The van der Waals surface area contributed by atoms with E-state index < -0.39 is 0 Å². The minimum atomic E-state index is 0.761. The first kappa shape index (κ1) is 12.1. The molecule has 0 aliphatic carbocycles. The zero-order chi connectivity index (χ0) is 11.4. The van der Waals surface area contributed by atoms with Crippen molar-refractivity contribution in [3.05, 3.63) is 17.5 Å². The summed E-state index contributed by atoms with van der Waals surface area (Å²) in [6.45, 7) is 4.50. The highest BCUT2D eigenvalue weighted by Crippen LogP contribution is 2.32. The molecule has 16 heavy (non-hydrogen) atoms. The average Bonchev–Trinajstić information content (AvgIpc) is 2.85. The Kier molecular flexibility index (Phi) is 4.37. The highest BCUT2D eigenvalue weighted by Gasteiger charge is 2.07. The van der Waals surface area contributed by atoms with Crippen LogP contribution >= 0.6 is 34.4 Å². The minimum Gasteiger partial charge on any atom is -0.141 e. The second-order valence-electron chi connectivity index (χ2n) is 3.88. The fourth-order valence-electron chi connectivity index (χ4n) is 1.15. The molecule has 2 rings (SSSR count). The first-order chi connectivity index (χ1) is 7.75. The van der Waals surface area contributed by atoms with Gasteiger partial charge in [0.05, 0.1) is 4.88 Å². The van der Waals surface area contributed by atoms with Crippen LogP contribution in [0.15, 0.2) is 21.9 Å². The number of thioether (sulfide) groups is 1. The fourth-order valence-corrected chi connectivity index (χ4v) is 4.10. The Balaban J connectivity index is 1.93. The van der Waals surface area contributed by atoms with Crippen molar-refractivity contribution in [2.75, 3.05) is 5.75 Å². The van der Waals surface area contributed by atoms with Crippen LogP contribution < -0.4 is 0 Å². The summed E-state index contributed by atoms with van der Waals surface area (Å²) in [6, 6.07) is 4.14. The Morgan fingerprint density at radius 3 is 2.94 bits per heavy atom. The average molecular weight is 270 g/mol. The molecule has 2 nitrogen and oxygen atoms in total. The van der Waals surface area contributed by atoms with Crippen LogP contribution in [0.1, 0.15) is 20.3 Å². The van der Waals surface area contributed by atoms with Gasteiger partial charge in [0.15, 0.2) is 9.35 Å². The van der Waals surface area contributed by atoms with Crippen LogP contribution in [0, 0.1) is 5.92 Å². The Bertz CT molecular complexity index is 420. The van der Waals surface area contributed by atoms with Crippen LogP contribution in [0.5, 0.6) is 0 Å². The highest BCUT2D eigenvalue weighted by atomic mass is 32.2. The van der Waals surface area contributed by atoms with E-state index in [9.17, 15) is 0 Å². The molecular weight excluding hydrogens is 256 g/mol. The third kappa shape index (κ3) is 3.30. The third-order valence-electron chi connectivity index (χ3n) is 2.06. The maximum atomic E-state index is 4.21. The van der Waals surface area contributed by atoms with Crippen LogP contribution in [-0.4, -0.2) is 16.0 Å². The van der Waals surface area contributed by atoms with Gasteiger partial charge in [-0.15, -0.1) is 21.5 Å². The number of hydrogen-bond acceptors (Lipinski definition) is 5. The molecule has 0 amide bonds. The summed E-state index contributed by atoms with van der Waals surface area (Å²) in [5.74, 6) is 1.90. The van der Waals surface area contributed by atoms with Crippen molar-refractivity contribution in [1.29, 1.82) is 0 Å². The van der Waals surface area contributed by atoms with Crippen molar-refractivity contribution in [3.8, 4) is 9.88 Å². The second kappa shape index (κ2) is 5.80. The van der Waals surface area contributed by atoms with Crippen LogP contribution in [0.4, 0.5) is 0 Å². The summed E-state index contributed by atoms with van der Waals surface area (Å²) in [4.78, 5) is 1.22. The number of aromatic nitrogens is 2. The quantitative estimate of drug-likeness (QED) is 0.753. The minimum absolute atomic E-state index is 0.761.